The summed E-state index contributed by atoms with van der Waals surface area (Å²) in [7, 11) is 0. The number of carbonyl (C=O) groups is 2. The van der Waals surface area contributed by atoms with Gasteiger partial charge in [-0.25, -0.2) is 4.79 Å². The highest BCUT2D eigenvalue weighted by molar-refractivity contribution is 6.37. The number of rotatable bonds is 3. The van der Waals surface area contributed by atoms with Crippen molar-refractivity contribution < 1.29 is 14.3 Å². The molecule has 0 aromatic carbocycles. The van der Waals surface area contributed by atoms with E-state index in [1.165, 1.54) is 38.5 Å². The van der Waals surface area contributed by atoms with Gasteiger partial charge in [0.05, 0.1) is 6.61 Å². The van der Waals surface area contributed by atoms with E-state index in [9.17, 15) is 9.59 Å². The van der Waals surface area contributed by atoms with Crippen molar-refractivity contribution in [3.05, 3.63) is 0 Å². The lowest BCUT2D eigenvalue weighted by molar-refractivity contribution is -0.143. The molecule has 0 aromatic heterocycles. The molecule has 15 heavy (non-hydrogen) atoms. The summed E-state index contributed by atoms with van der Waals surface area (Å²) in [6, 6.07) is 0. The number of aldehydes is 1. The van der Waals surface area contributed by atoms with Crippen molar-refractivity contribution in [2.75, 3.05) is 6.61 Å². The Labute approximate surface area is 96.1 Å². The molecule has 1 aliphatic rings. The second-order valence-corrected chi connectivity index (χ2v) is 3.88. The van der Waals surface area contributed by atoms with Crippen molar-refractivity contribution in [2.24, 2.45) is 0 Å². The van der Waals surface area contributed by atoms with Gasteiger partial charge in [0.2, 0.25) is 0 Å². The first-order valence-electron chi connectivity index (χ1n) is 5.48. The zero-order chi connectivity index (χ0) is 11.5. The number of ether oxygens (including phenoxy) is 1. The van der Waals surface area contributed by atoms with Crippen LogP contribution in [0.3, 0.4) is 0 Å². The Balaban J connectivity index is 0.000000280. The summed E-state index contributed by atoms with van der Waals surface area (Å²) >= 11 is 5.15. The monoisotopic (exact) mass is 234 g/mol. The first kappa shape index (κ1) is 14.4. The molecule has 1 fully saturated rings. The van der Waals surface area contributed by atoms with Crippen LogP contribution in [0.5, 0.6) is 0 Å². The lowest BCUT2D eigenvalue weighted by Gasteiger charge is -2.05. The summed E-state index contributed by atoms with van der Waals surface area (Å²) < 4.78 is 4.39. The van der Waals surface area contributed by atoms with Gasteiger partial charge in [-0.05, 0) is 6.92 Å². The molecule has 3 nitrogen and oxygen atoms in total. The van der Waals surface area contributed by atoms with Crippen LogP contribution in [-0.2, 0) is 14.3 Å². The normalized spacial score (nSPS) is 16.9. The number of hydrogen-bond donors (Lipinski definition) is 0. The van der Waals surface area contributed by atoms with Crippen molar-refractivity contribution in [1.29, 1.82) is 0 Å². The largest absolute Gasteiger partial charge is 0.465 e. The summed E-state index contributed by atoms with van der Waals surface area (Å²) in [6.07, 6.45) is 9.33. The van der Waals surface area contributed by atoms with E-state index in [0.717, 1.165) is 0 Å². The maximum absolute atomic E-state index is 10.4. The van der Waals surface area contributed by atoms with Gasteiger partial charge < -0.3 is 9.53 Å². The second-order valence-electron chi connectivity index (χ2n) is 3.41. The fourth-order valence-electron chi connectivity index (χ4n) is 1.34. The molecule has 0 aromatic rings. The Morgan fingerprint density at radius 3 is 1.93 bits per heavy atom. The van der Waals surface area contributed by atoms with Gasteiger partial charge in [-0.1, -0.05) is 38.5 Å². The van der Waals surface area contributed by atoms with Crippen LogP contribution in [-0.4, -0.2) is 24.2 Å². The SMILES string of the molecule is C1CCCCC1.CCOC(=O)C(Cl)C=O. The summed E-state index contributed by atoms with van der Waals surface area (Å²) in [4.78, 5) is 20.2. The summed E-state index contributed by atoms with van der Waals surface area (Å²) in [5.41, 5.74) is 0. The molecule has 1 rings (SSSR count). The summed E-state index contributed by atoms with van der Waals surface area (Å²) in [6.45, 7) is 1.89. The molecule has 0 N–H and O–H groups in total. The minimum atomic E-state index is -1.15. The molecule has 0 spiro atoms. The minimum absolute atomic E-state index is 0.246. The van der Waals surface area contributed by atoms with Gasteiger partial charge >= 0.3 is 5.97 Å². The van der Waals surface area contributed by atoms with Gasteiger partial charge in [0.15, 0.2) is 5.38 Å². The third kappa shape index (κ3) is 8.43. The molecule has 4 heteroatoms. The van der Waals surface area contributed by atoms with E-state index >= 15 is 0 Å². The van der Waals surface area contributed by atoms with Gasteiger partial charge in [0.25, 0.3) is 0 Å². The van der Waals surface area contributed by atoms with Crippen molar-refractivity contribution in [1.82, 2.24) is 0 Å². The molecular formula is C11H19ClO3. The summed E-state index contributed by atoms with van der Waals surface area (Å²) in [5, 5.41) is -1.15. The Hall–Kier alpha value is -0.570. The quantitative estimate of drug-likeness (QED) is 0.326. The molecule has 1 aliphatic carbocycles. The Kier molecular flexibility index (Phi) is 9.59. The van der Waals surface area contributed by atoms with Crippen LogP contribution in [0.15, 0.2) is 0 Å². The van der Waals surface area contributed by atoms with Crippen LogP contribution in [0.2, 0.25) is 0 Å². The molecule has 0 aliphatic heterocycles. The standard InChI is InChI=1S/C6H12.C5H7ClO3/c1-2-4-6-5-3-1;1-2-9-5(8)4(6)3-7/h1-6H2;3-4H,2H2,1H3. The zero-order valence-electron chi connectivity index (χ0n) is 9.21. The lowest BCUT2D eigenvalue weighted by atomic mass is 10.0. The molecular weight excluding hydrogens is 216 g/mol. The van der Waals surface area contributed by atoms with Crippen molar-refractivity contribution in [2.45, 2.75) is 50.8 Å². The fraction of sp³-hybridized carbons (Fsp3) is 0.818. The van der Waals surface area contributed by atoms with Gasteiger partial charge in [-0.3, -0.25) is 0 Å². The number of esters is 1. The molecule has 1 saturated carbocycles. The van der Waals surface area contributed by atoms with Crippen LogP contribution in [0.4, 0.5) is 0 Å². The fourth-order valence-corrected chi connectivity index (χ4v) is 1.40. The highest BCUT2D eigenvalue weighted by Crippen LogP contribution is 2.15. The topological polar surface area (TPSA) is 43.4 Å². The molecule has 88 valence electrons. The van der Waals surface area contributed by atoms with E-state index in [-0.39, 0.29) is 6.61 Å². The highest BCUT2D eigenvalue weighted by Gasteiger charge is 2.13. The lowest BCUT2D eigenvalue weighted by Crippen LogP contribution is -2.18. The first-order valence-corrected chi connectivity index (χ1v) is 5.92. The predicted octanol–water partition coefficient (Wildman–Crippen LogP) is 2.70. The Bertz CT molecular complexity index is 167. The Morgan fingerprint density at radius 1 is 1.27 bits per heavy atom. The van der Waals surface area contributed by atoms with Crippen LogP contribution < -0.4 is 0 Å². The van der Waals surface area contributed by atoms with E-state index in [1.807, 2.05) is 0 Å². The molecule has 0 amide bonds. The smallest absolute Gasteiger partial charge is 0.331 e. The van der Waals surface area contributed by atoms with Crippen LogP contribution in [0.1, 0.15) is 45.4 Å². The van der Waals surface area contributed by atoms with Gasteiger partial charge in [0.1, 0.15) is 6.29 Å². The van der Waals surface area contributed by atoms with E-state index in [0.29, 0.717) is 6.29 Å². The predicted molar refractivity (Wildman–Crippen MR) is 60.0 cm³/mol. The highest BCUT2D eigenvalue weighted by atomic mass is 35.5. The molecule has 0 heterocycles. The Morgan fingerprint density at radius 2 is 1.67 bits per heavy atom. The van der Waals surface area contributed by atoms with E-state index < -0.39 is 11.3 Å². The van der Waals surface area contributed by atoms with Gasteiger partial charge in [0, 0.05) is 0 Å². The third-order valence-corrected chi connectivity index (χ3v) is 2.41. The first-order chi connectivity index (χ1) is 7.22. The average Bonchev–Trinajstić information content (AvgIpc) is 2.31. The van der Waals surface area contributed by atoms with E-state index in [1.54, 1.807) is 6.92 Å². The maximum atomic E-state index is 10.4. The van der Waals surface area contributed by atoms with Crippen molar-refractivity contribution in [3.63, 3.8) is 0 Å². The molecule has 1 unspecified atom stereocenters. The van der Waals surface area contributed by atoms with E-state index in [2.05, 4.69) is 4.74 Å². The summed E-state index contributed by atoms with van der Waals surface area (Å²) in [5.74, 6) is -0.686. The second kappa shape index (κ2) is 9.97. The van der Waals surface area contributed by atoms with Crippen LogP contribution >= 0.6 is 11.6 Å². The van der Waals surface area contributed by atoms with Crippen molar-refractivity contribution in [3.8, 4) is 0 Å². The number of alkyl halides is 1. The zero-order valence-corrected chi connectivity index (χ0v) is 9.96. The number of carbonyl (C=O) groups excluding carboxylic acids is 2. The van der Waals surface area contributed by atoms with Crippen LogP contribution in [0.25, 0.3) is 0 Å². The average molecular weight is 235 g/mol. The number of hydrogen-bond acceptors (Lipinski definition) is 3. The van der Waals surface area contributed by atoms with Crippen LogP contribution in [0, 0.1) is 0 Å². The number of halogens is 1. The van der Waals surface area contributed by atoms with Crippen molar-refractivity contribution >= 4 is 23.9 Å². The maximum Gasteiger partial charge on any atom is 0.331 e. The van der Waals surface area contributed by atoms with Gasteiger partial charge in [-0.2, -0.15) is 0 Å². The molecule has 0 bridgehead atoms. The van der Waals surface area contributed by atoms with E-state index in [4.69, 9.17) is 11.6 Å². The third-order valence-electron chi connectivity index (χ3n) is 2.13. The molecule has 0 radical (unpaired) electrons. The molecule has 0 saturated heterocycles. The molecule has 1 atom stereocenters. The van der Waals surface area contributed by atoms with Gasteiger partial charge in [-0.15, -0.1) is 11.6 Å². The minimum Gasteiger partial charge on any atom is -0.465 e.